The smallest absolute Gasteiger partial charge is 0.289 e. The molecule has 1 saturated carbocycles. The van der Waals surface area contributed by atoms with Crippen LogP contribution in [0.1, 0.15) is 49.6 Å². The lowest BCUT2D eigenvalue weighted by Gasteiger charge is -2.36. The van der Waals surface area contributed by atoms with E-state index in [2.05, 4.69) is 20.5 Å². The van der Waals surface area contributed by atoms with E-state index in [0.29, 0.717) is 38.0 Å². The van der Waals surface area contributed by atoms with Crippen LogP contribution in [0.25, 0.3) is 0 Å². The van der Waals surface area contributed by atoms with Crippen molar-refractivity contribution in [3.8, 4) is 0 Å². The number of carbonyl (C=O) groups excluding carboxylic acids is 2. The highest BCUT2D eigenvalue weighted by Crippen LogP contribution is 2.17. The van der Waals surface area contributed by atoms with Gasteiger partial charge in [0.25, 0.3) is 5.91 Å². The van der Waals surface area contributed by atoms with Gasteiger partial charge >= 0.3 is 0 Å². The Kier molecular flexibility index (Phi) is 7.33. The molecule has 1 saturated heterocycles. The normalized spacial score (nSPS) is 18.8. The van der Waals surface area contributed by atoms with Gasteiger partial charge in [0.05, 0.1) is 6.26 Å². The molecule has 1 aliphatic heterocycles. The van der Waals surface area contributed by atoms with Gasteiger partial charge in [0.1, 0.15) is 6.54 Å². The first-order valence-electron chi connectivity index (χ1n) is 10.3. The number of furan rings is 1. The second-order valence-electron chi connectivity index (χ2n) is 7.33. The van der Waals surface area contributed by atoms with E-state index in [1.165, 1.54) is 25.5 Å². The second kappa shape index (κ2) is 10.1. The number of hydrogen-bond donors (Lipinski definition) is 2. The van der Waals surface area contributed by atoms with E-state index < -0.39 is 0 Å². The standard InChI is InChI=1S/C20H31N5O3/c1-2-21-20(22-15-18(26)23-16-7-4-3-5-8-16)25-12-10-24(11-13-25)19(27)17-9-6-14-28-17/h6,9,14,16H,2-5,7-8,10-13,15H2,1H3,(H,21,22)(H,23,26). The predicted molar refractivity (Wildman–Crippen MR) is 107 cm³/mol. The maximum atomic E-state index is 12.4. The molecule has 2 aliphatic rings. The average Bonchev–Trinajstić information content (AvgIpc) is 3.26. The minimum Gasteiger partial charge on any atom is -0.459 e. The van der Waals surface area contributed by atoms with Crippen LogP contribution in [0.5, 0.6) is 0 Å². The number of hydrogen-bond acceptors (Lipinski definition) is 4. The first-order valence-corrected chi connectivity index (χ1v) is 10.3. The van der Waals surface area contributed by atoms with Gasteiger partial charge in [-0.3, -0.25) is 9.59 Å². The van der Waals surface area contributed by atoms with Crippen molar-refractivity contribution in [1.82, 2.24) is 20.4 Å². The Labute approximate surface area is 166 Å². The molecule has 0 atom stereocenters. The summed E-state index contributed by atoms with van der Waals surface area (Å²) in [5.41, 5.74) is 0. The highest BCUT2D eigenvalue weighted by molar-refractivity contribution is 5.91. The molecule has 2 heterocycles. The summed E-state index contributed by atoms with van der Waals surface area (Å²) in [7, 11) is 0. The summed E-state index contributed by atoms with van der Waals surface area (Å²) in [5, 5.41) is 6.36. The molecule has 0 unspecified atom stereocenters. The zero-order valence-electron chi connectivity index (χ0n) is 16.7. The molecule has 0 radical (unpaired) electrons. The van der Waals surface area contributed by atoms with E-state index in [1.54, 1.807) is 17.0 Å². The van der Waals surface area contributed by atoms with Crippen molar-refractivity contribution in [2.45, 2.75) is 45.1 Å². The number of piperazine rings is 1. The Morgan fingerprint density at radius 3 is 2.50 bits per heavy atom. The van der Waals surface area contributed by atoms with Gasteiger partial charge in [0.15, 0.2) is 11.7 Å². The Hall–Kier alpha value is -2.51. The van der Waals surface area contributed by atoms with Crippen molar-refractivity contribution in [2.24, 2.45) is 4.99 Å². The fourth-order valence-corrected chi connectivity index (χ4v) is 3.77. The van der Waals surface area contributed by atoms with Crippen LogP contribution in [0.2, 0.25) is 0 Å². The molecular weight excluding hydrogens is 358 g/mol. The summed E-state index contributed by atoms with van der Waals surface area (Å²) in [6.07, 6.45) is 7.30. The summed E-state index contributed by atoms with van der Waals surface area (Å²) in [4.78, 5) is 33.0. The van der Waals surface area contributed by atoms with Gasteiger partial charge < -0.3 is 24.9 Å². The largest absolute Gasteiger partial charge is 0.459 e. The lowest BCUT2D eigenvalue weighted by atomic mass is 9.95. The molecule has 154 valence electrons. The van der Waals surface area contributed by atoms with E-state index in [0.717, 1.165) is 25.3 Å². The van der Waals surface area contributed by atoms with Gasteiger partial charge in [-0.1, -0.05) is 19.3 Å². The van der Waals surface area contributed by atoms with Crippen LogP contribution in [-0.4, -0.2) is 72.9 Å². The number of guanidine groups is 1. The van der Waals surface area contributed by atoms with Crippen molar-refractivity contribution in [2.75, 3.05) is 39.3 Å². The summed E-state index contributed by atoms with van der Waals surface area (Å²) >= 11 is 0. The number of aliphatic imine (C=N–C) groups is 1. The predicted octanol–water partition coefficient (Wildman–Crippen LogP) is 1.45. The van der Waals surface area contributed by atoms with E-state index in [9.17, 15) is 9.59 Å². The number of nitrogens with zero attached hydrogens (tertiary/aromatic N) is 3. The molecule has 2 N–H and O–H groups in total. The molecule has 0 aromatic carbocycles. The minimum atomic E-state index is -0.0848. The minimum absolute atomic E-state index is 0.0195. The van der Waals surface area contributed by atoms with Gasteiger partial charge in [-0.15, -0.1) is 0 Å². The molecule has 28 heavy (non-hydrogen) atoms. The van der Waals surface area contributed by atoms with Crippen molar-refractivity contribution in [3.05, 3.63) is 24.2 Å². The van der Waals surface area contributed by atoms with E-state index in [1.807, 2.05) is 6.92 Å². The van der Waals surface area contributed by atoms with E-state index in [4.69, 9.17) is 4.42 Å². The van der Waals surface area contributed by atoms with Crippen LogP contribution >= 0.6 is 0 Å². The van der Waals surface area contributed by atoms with Gasteiger partial charge in [-0.25, -0.2) is 4.99 Å². The fourth-order valence-electron chi connectivity index (χ4n) is 3.77. The Morgan fingerprint density at radius 2 is 1.86 bits per heavy atom. The first-order chi connectivity index (χ1) is 13.7. The van der Waals surface area contributed by atoms with Crippen molar-refractivity contribution in [3.63, 3.8) is 0 Å². The van der Waals surface area contributed by atoms with Crippen LogP contribution in [0.15, 0.2) is 27.8 Å². The van der Waals surface area contributed by atoms with Gasteiger partial charge in [-0.2, -0.15) is 0 Å². The quantitative estimate of drug-likeness (QED) is 0.588. The highest BCUT2D eigenvalue weighted by atomic mass is 16.3. The van der Waals surface area contributed by atoms with Crippen LogP contribution in [0.3, 0.4) is 0 Å². The lowest BCUT2D eigenvalue weighted by molar-refractivity contribution is -0.120. The maximum Gasteiger partial charge on any atom is 0.289 e. The molecule has 1 aliphatic carbocycles. The molecule has 2 fully saturated rings. The topological polar surface area (TPSA) is 90.2 Å². The van der Waals surface area contributed by atoms with E-state index >= 15 is 0 Å². The zero-order chi connectivity index (χ0) is 19.8. The Morgan fingerprint density at radius 1 is 1.14 bits per heavy atom. The van der Waals surface area contributed by atoms with Gasteiger partial charge in [0.2, 0.25) is 5.91 Å². The lowest BCUT2D eigenvalue weighted by Crippen LogP contribution is -2.54. The third kappa shape index (κ3) is 5.50. The molecule has 3 rings (SSSR count). The number of nitrogens with one attached hydrogen (secondary N) is 2. The van der Waals surface area contributed by atoms with Crippen molar-refractivity contribution < 1.29 is 14.0 Å². The number of amides is 2. The third-order valence-electron chi connectivity index (χ3n) is 5.28. The molecule has 1 aromatic rings. The summed E-state index contributed by atoms with van der Waals surface area (Å²) < 4.78 is 5.20. The SMILES string of the molecule is CCNC(=NCC(=O)NC1CCCCC1)N1CCN(C(=O)c2ccco2)CC1. The molecule has 0 bridgehead atoms. The molecular formula is C20H31N5O3. The molecule has 1 aromatic heterocycles. The van der Waals surface area contributed by atoms with Crippen molar-refractivity contribution in [1.29, 1.82) is 0 Å². The third-order valence-corrected chi connectivity index (χ3v) is 5.28. The molecule has 0 spiro atoms. The van der Waals surface area contributed by atoms with Crippen LogP contribution in [-0.2, 0) is 4.79 Å². The molecule has 8 nitrogen and oxygen atoms in total. The fraction of sp³-hybridized carbons (Fsp3) is 0.650. The van der Waals surface area contributed by atoms with Crippen molar-refractivity contribution >= 4 is 17.8 Å². The second-order valence-corrected chi connectivity index (χ2v) is 7.33. The zero-order valence-corrected chi connectivity index (χ0v) is 16.7. The first kappa shape index (κ1) is 20.2. The Bertz CT molecular complexity index is 659. The average molecular weight is 390 g/mol. The summed E-state index contributed by atoms with van der Waals surface area (Å²) in [5.74, 6) is 0.993. The van der Waals surface area contributed by atoms with Gasteiger partial charge in [-0.05, 0) is 31.9 Å². The monoisotopic (exact) mass is 389 g/mol. The summed E-state index contributed by atoms with van der Waals surface area (Å²) in [6, 6.07) is 3.71. The summed E-state index contributed by atoms with van der Waals surface area (Å²) in [6.45, 7) is 5.40. The highest BCUT2D eigenvalue weighted by Gasteiger charge is 2.25. The van der Waals surface area contributed by atoms with Crippen LogP contribution in [0, 0.1) is 0 Å². The van der Waals surface area contributed by atoms with Crippen LogP contribution < -0.4 is 10.6 Å². The van der Waals surface area contributed by atoms with E-state index in [-0.39, 0.29) is 18.4 Å². The number of rotatable bonds is 5. The Balaban J connectivity index is 1.50. The van der Waals surface area contributed by atoms with Crippen LogP contribution in [0.4, 0.5) is 0 Å². The molecule has 8 heteroatoms. The molecule has 2 amide bonds. The maximum absolute atomic E-state index is 12.4. The van der Waals surface area contributed by atoms with Gasteiger partial charge in [0, 0.05) is 38.8 Å². The number of carbonyl (C=O) groups is 2.